The number of carbonyl (C=O) groups excluding carboxylic acids is 1. The Labute approximate surface area is 186 Å². The summed E-state index contributed by atoms with van der Waals surface area (Å²) < 4.78 is 0. The smallest absolute Gasteiger partial charge is 0.307 e. The second-order valence-electron chi connectivity index (χ2n) is 8.00. The maximum absolute atomic E-state index is 12.4. The van der Waals surface area contributed by atoms with Crippen LogP contribution in [-0.4, -0.2) is 34.7 Å². The molecule has 7 heteroatoms. The van der Waals surface area contributed by atoms with Crippen LogP contribution in [-0.2, 0) is 22.4 Å². The lowest BCUT2D eigenvalue weighted by Gasteiger charge is -2.34. The van der Waals surface area contributed by atoms with E-state index in [-0.39, 0.29) is 12.3 Å². The molecule has 6 nitrogen and oxygen atoms in total. The van der Waals surface area contributed by atoms with Crippen LogP contribution in [0.4, 0.5) is 11.4 Å². The van der Waals surface area contributed by atoms with Gasteiger partial charge in [0.05, 0.1) is 17.0 Å². The molecule has 0 radical (unpaired) electrons. The van der Waals surface area contributed by atoms with Gasteiger partial charge in [-0.1, -0.05) is 18.2 Å². The minimum absolute atomic E-state index is 0.0229. The molecule has 2 aromatic carbocycles. The summed E-state index contributed by atoms with van der Waals surface area (Å²) in [7, 11) is 0. The number of rotatable bonds is 5. The van der Waals surface area contributed by atoms with Gasteiger partial charge in [-0.25, -0.2) is 4.99 Å². The van der Waals surface area contributed by atoms with Crippen LogP contribution in [0.3, 0.4) is 0 Å². The number of hydrogen-bond donors (Lipinski definition) is 2. The van der Waals surface area contributed by atoms with Crippen molar-refractivity contribution in [3.63, 3.8) is 0 Å². The highest BCUT2D eigenvalue weighted by Gasteiger charge is 2.24. The molecule has 0 aromatic heterocycles. The zero-order valence-corrected chi connectivity index (χ0v) is 18.4. The van der Waals surface area contributed by atoms with Gasteiger partial charge in [0.2, 0.25) is 0 Å². The van der Waals surface area contributed by atoms with Crippen molar-refractivity contribution in [2.75, 3.05) is 11.4 Å². The van der Waals surface area contributed by atoms with Crippen LogP contribution in [0.5, 0.6) is 0 Å². The second-order valence-corrected chi connectivity index (χ2v) is 9.03. The number of aliphatic imine (C=N–C) groups is 1. The number of amidine groups is 1. The number of hydrogen-bond acceptors (Lipinski definition) is 5. The number of nitrogens with zero attached hydrogens (tertiary/aromatic N) is 2. The number of thioether (sulfide) groups is 1. The molecule has 1 saturated heterocycles. The predicted octanol–water partition coefficient (Wildman–Crippen LogP) is 4.37. The molecule has 0 atom stereocenters. The molecule has 31 heavy (non-hydrogen) atoms. The molecule has 4 rings (SSSR count). The SMILES string of the molecule is CC(C)N1CCCc2cc(/C=C3\SC(=Nc4ccc(CC(=O)O)cc4)NC3=O)ccc21. The summed E-state index contributed by atoms with van der Waals surface area (Å²) in [5, 5.41) is 12.2. The number of benzene rings is 2. The summed E-state index contributed by atoms with van der Waals surface area (Å²) in [6.07, 6.45) is 4.08. The Morgan fingerprint density at radius 2 is 2.03 bits per heavy atom. The van der Waals surface area contributed by atoms with Crippen LogP contribution in [0.1, 0.15) is 37.0 Å². The second kappa shape index (κ2) is 8.98. The van der Waals surface area contributed by atoms with E-state index in [0.717, 1.165) is 24.9 Å². The molecular formula is C24H25N3O3S. The van der Waals surface area contributed by atoms with Gasteiger partial charge < -0.3 is 15.3 Å². The summed E-state index contributed by atoms with van der Waals surface area (Å²) in [5.74, 6) is -1.03. The number of anilines is 1. The molecule has 1 amide bonds. The number of carbonyl (C=O) groups is 2. The van der Waals surface area contributed by atoms with Crippen molar-refractivity contribution in [1.82, 2.24) is 5.32 Å². The fourth-order valence-corrected chi connectivity index (χ4v) is 4.73. The average Bonchev–Trinajstić information content (AvgIpc) is 3.07. The van der Waals surface area contributed by atoms with Gasteiger partial charge in [0.15, 0.2) is 5.17 Å². The van der Waals surface area contributed by atoms with Crippen molar-refractivity contribution >= 4 is 46.3 Å². The van der Waals surface area contributed by atoms with Crippen LogP contribution in [0, 0.1) is 0 Å². The van der Waals surface area contributed by atoms with E-state index in [1.54, 1.807) is 24.3 Å². The van der Waals surface area contributed by atoms with Gasteiger partial charge in [0.25, 0.3) is 5.91 Å². The Bertz CT molecular complexity index is 1070. The van der Waals surface area contributed by atoms with Crippen molar-refractivity contribution in [3.8, 4) is 0 Å². The average molecular weight is 436 g/mol. The zero-order chi connectivity index (χ0) is 22.0. The summed E-state index contributed by atoms with van der Waals surface area (Å²) in [4.78, 5) is 30.7. The normalized spacial score (nSPS) is 18.5. The predicted molar refractivity (Wildman–Crippen MR) is 126 cm³/mol. The lowest BCUT2D eigenvalue weighted by atomic mass is 9.98. The minimum Gasteiger partial charge on any atom is -0.481 e. The zero-order valence-electron chi connectivity index (χ0n) is 17.6. The van der Waals surface area contributed by atoms with E-state index >= 15 is 0 Å². The highest BCUT2D eigenvalue weighted by atomic mass is 32.2. The standard InChI is InChI=1S/C24H25N3O3S/c1-15(2)27-11-3-4-18-12-17(7-10-20(18)27)13-21-23(30)26-24(31-21)25-19-8-5-16(6-9-19)14-22(28)29/h5-10,12-13,15H,3-4,11,14H2,1-2H3,(H,28,29)(H,25,26,30)/b21-13-. The minimum atomic E-state index is -0.869. The summed E-state index contributed by atoms with van der Waals surface area (Å²) in [5.41, 5.74) is 5.01. The van der Waals surface area contributed by atoms with Gasteiger partial charge in [-0.05, 0) is 85.5 Å². The molecule has 0 spiro atoms. The Balaban J connectivity index is 1.50. The molecule has 160 valence electrons. The Kier molecular flexibility index (Phi) is 6.13. The lowest BCUT2D eigenvalue weighted by molar-refractivity contribution is -0.136. The van der Waals surface area contributed by atoms with Gasteiger partial charge in [0, 0.05) is 18.3 Å². The van der Waals surface area contributed by atoms with Gasteiger partial charge in [-0.2, -0.15) is 0 Å². The number of aliphatic carboxylic acids is 1. The van der Waals surface area contributed by atoms with E-state index in [1.807, 2.05) is 6.08 Å². The molecule has 2 aliphatic heterocycles. The summed E-state index contributed by atoms with van der Waals surface area (Å²) in [6, 6.07) is 13.9. The van der Waals surface area contributed by atoms with Gasteiger partial charge in [-0.15, -0.1) is 0 Å². The quantitative estimate of drug-likeness (QED) is 0.682. The molecule has 2 aromatic rings. The molecule has 0 saturated carbocycles. The topological polar surface area (TPSA) is 82.0 Å². The number of carboxylic acid groups (broad SMARTS) is 1. The largest absolute Gasteiger partial charge is 0.481 e. The van der Waals surface area contributed by atoms with Crippen molar-refractivity contribution in [3.05, 3.63) is 64.1 Å². The fraction of sp³-hybridized carbons (Fsp3) is 0.292. The third-order valence-corrected chi connectivity index (χ3v) is 6.26. The molecule has 0 bridgehead atoms. The van der Waals surface area contributed by atoms with Crippen molar-refractivity contribution in [2.45, 2.75) is 39.2 Å². The molecule has 0 aliphatic carbocycles. The summed E-state index contributed by atoms with van der Waals surface area (Å²) >= 11 is 1.31. The first-order valence-corrected chi connectivity index (χ1v) is 11.2. The first-order valence-electron chi connectivity index (χ1n) is 10.4. The Morgan fingerprint density at radius 1 is 1.26 bits per heavy atom. The van der Waals surface area contributed by atoms with E-state index in [4.69, 9.17) is 5.11 Å². The highest BCUT2D eigenvalue weighted by Crippen LogP contribution is 2.32. The maximum Gasteiger partial charge on any atom is 0.307 e. The number of aryl methyl sites for hydroxylation is 1. The third-order valence-electron chi connectivity index (χ3n) is 5.35. The van der Waals surface area contributed by atoms with E-state index in [1.165, 1.54) is 23.0 Å². The van der Waals surface area contributed by atoms with E-state index in [0.29, 0.717) is 27.4 Å². The van der Waals surface area contributed by atoms with E-state index < -0.39 is 5.97 Å². The molecule has 0 unspecified atom stereocenters. The summed E-state index contributed by atoms with van der Waals surface area (Å²) in [6.45, 7) is 5.51. The van der Waals surface area contributed by atoms with Crippen molar-refractivity contribution < 1.29 is 14.7 Å². The molecule has 2 N–H and O–H groups in total. The van der Waals surface area contributed by atoms with Crippen LogP contribution in [0.15, 0.2) is 52.4 Å². The van der Waals surface area contributed by atoms with Crippen molar-refractivity contribution in [1.29, 1.82) is 0 Å². The Morgan fingerprint density at radius 3 is 2.74 bits per heavy atom. The third kappa shape index (κ3) is 4.99. The first-order chi connectivity index (χ1) is 14.9. The highest BCUT2D eigenvalue weighted by molar-refractivity contribution is 8.18. The maximum atomic E-state index is 12.4. The lowest BCUT2D eigenvalue weighted by Crippen LogP contribution is -2.35. The van der Waals surface area contributed by atoms with E-state index in [9.17, 15) is 9.59 Å². The fourth-order valence-electron chi connectivity index (χ4n) is 3.88. The Hall–Kier alpha value is -3.06. The van der Waals surface area contributed by atoms with Gasteiger partial charge >= 0.3 is 5.97 Å². The van der Waals surface area contributed by atoms with Gasteiger partial charge in [-0.3, -0.25) is 9.59 Å². The van der Waals surface area contributed by atoms with Crippen molar-refractivity contribution in [2.24, 2.45) is 4.99 Å². The van der Waals surface area contributed by atoms with Crippen LogP contribution in [0.25, 0.3) is 6.08 Å². The number of amides is 1. The molecule has 1 fully saturated rings. The first kappa shape index (κ1) is 21.2. The molecule has 2 aliphatic rings. The van der Waals surface area contributed by atoms with Gasteiger partial charge in [0.1, 0.15) is 0 Å². The van der Waals surface area contributed by atoms with Crippen LogP contribution < -0.4 is 10.2 Å². The van der Waals surface area contributed by atoms with Crippen LogP contribution in [0.2, 0.25) is 0 Å². The molecular weight excluding hydrogens is 410 g/mol. The van der Waals surface area contributed by atoms with E-state index in [2.05, 4.69) is 47.3 Å². The number of carboxylic acids is 1. The number of nitrogens with one attached hydrogen (secondary N) is 1. The molecule has 2 heterocycles. The number of fused-ring (bicyclic) bond motifs is 1. The van der Waals surface area contributed by atoms with Crippen LogP contribution >= 0.6 is 11.8 Å². The monoisotopic (exact) mass is 435 g/mol.